The quantitative estimate of drug-likeness (QED) is 0.800. The summed E-state index contributed by atoms with van der Waals surface area (Å²) in [6, 6.07) is 1.77. The van der Waals surface area contributed by atoms with Crippen LogP contribution < -0.4 is 15.5 Å². The van der Waals surface area contributed by atoms with Gasteiger partial charge in [0.1, 0.15) is 5.82 Å². The summed E-state index contributed by atoms with van der Waals surface area (Å²) in [7, 11) is 0. The largest absolute Gasteiger partial charge is 0.381 e. The Kier molecular flexibility index (Phi) is 5.54. The van der Waals surface area contributed by atoms with Crippen molar-refractivity contribution in [2.45, 2.75) is 19.3 Å². The van der Waals surface area contributed by atoms with Gasteiger partial charge in [0.2, 0.25) is 5.91 Å². The number of ether oxygens (including phenoxy) is 2. The lowest BCUT2D eigenvalue weighted by Gasteiger charge is -2.33. The summed E-state index contributed by atoms with van der Waals surface area (Å²) in [6.45, 7) is 4.40. The number of rotatable bonds is 5. The highest BCUT2D eigenvalue weighted by atomic mass is 16.5. The van der Waals surface area contributed by atoms with Crippen LogP contribution in [0, 0.1) is 11.8 Å². The number of carbonyl (C=O) groups excluding carboxylic acids is 2. The summed E-state index contributed by atoms with van der Waals surface area (Å²) < 4.78 is 10.8. The summed E-state index contributed by atoms with van der Waals surface area (Å²) >= 11 is 0. The molecule has 0 aromatic carbocycles. The minimum Gasteiger partial charge on any atom is -0.381 e. The average molecular weight is 374 g/mol. The molecule has 0 aliphatic carbocycles. The van der Waals surface area contributed by atoms with Crippen LogP contribution in [0.4, 0.5) is 11.5 Å². The monoisotopic (exact) mass is 374 g/mol. The van der Waals surface area contributed by atoms with Crippen molar-refractivity contribution in [2.24, 2.45) is 11.8 Å². The topological polar surface area (TPSA) is 92.8 Å². The van der Waals surface area contributed by atoms with Gasteiger partial charge in [0.15, 0.2) is 0 Å². The molecule has 1 atom stereocenters. The van der Waals surface area contributed by atoms with E-state index >= 15 is 0 Å². The molecule has 4 rings (SSSR count). The number of pyridine rings is 1. The summed E-state index contributed by atoms with van der Waals surface area (Å²) in [5.41, 5.74) is 1.16. The maximum Gasteiger partial charge on any atom is 0.252 e. The van der Waals surface area contributed by atoms with Gasteiger partial charge >= 0.3 is 0 Å². The van der Waals surface area contributed by atoms with E-state index in [0.29, 0.717) is 48.6 Å². The minimum atomic E-state index is -0.166. The molecular formula is C19H26N4O4. The number of carbonyl (C=O) groups is 2. The van der Waals surface area contributed by atoms with Gasteiger partial charge in [-0.15, -0.1) is 0 Å². The van der Waals surface area contributed by atoms with Gasteiger partial charge in [0, 0.05) is 45.0 Å². The summed E-state index contributed by atoms with van der Waals surface area (Å²) in [5, 5.41) is 6.00. The van der Waals surface area contributed by atoms with Crippen molar-refractivity contribution in [1.29, 1.82) is 0 Å². The van der Waals surface area contributed by atoms with Crippen molar-refractivity contribution in [3.05, 3.63) is 17.8 Å². The van der Waals surface area contributed by atoms with Crippen molar-refractivity contribution < 1.29 is 19.1 Å². The van der Waals surface area contributed by atoms with E-state index in [0.717, 1.165) is 39.1 Å². The molecule has 4 heterocycles. The summed E-state index contributed by atoms with van der Waals surface area (Å²) in [5.74, 6) is 1.28. The molecular weight excluding hydrogens is 348 g/mol. The van der Waals surface area contributed by atoms with Crippen LogP contribution >= 0.6 is 0 Å². The summed E-state index contributed by atoms with van der Waals surface area (Å²) in [6.07, 6.45) is 4.43. The van der Waals surface area contributed by atoms with E-state index < -0.39 is 0 Å². The molecule has 8 nitrogen and oxygen atoms in total. The second kappa shape index (κ2) is 8.22. The average Bonchev–Trinajstić information content (AvgIpc) is 3.22. The Labute approximate surface area is 158 Å². The molecule has 2 N–H and O–H groups in total. The number of hydrogen-bond acceptors (Lipinski definition) is 6. The number of fused-ring (bicyclic) bond motifs is 1. The van der Waals surface area contributed by atoms with E-state index in [-0.39, 0.29) is 18.4 Å². The van der Waals surface area contributed by atoms with E-state index in [1.54, 1.807) is 17.2 Å². The third-order valence-corrected chi connectivity index (χ3v) is 5.49. The van der Waals surface area contributed by atoms with Crippen molar-refractivity contribution >= 4 is 23.3 Å². The first-order valence-corrected chi connectivity index (χ1v) is 9.68. The standard InChI is InChI=1S/C19H26N4O4/c24-17-10-21-18-16(23(17)11-13-1-4-26-5-2-13)7-15(9-20-18)19(25)22-8-14-3-6-27-12-14/h7,9,13-14H,1-6,8,10-12H2,(H,20,21)(H,22,25). The zero-order valence-electron chi connectivity index (χ0n) is 15.4. The highest BCUT2D eigenvalue weighted by Crippen LogP contribution is 2.30. The Bertz CT molecular complexity index is 699. The number of aromatic nitrogens is 1. The number of anilines is 2. The molecule has 8 heteroatoms. The maximum atomic E-state index is 12.5. The number of amides is 2. The Balaban J connectivity index is 1.47. The van der Waals surface area contributed by atoms with Gasteiger partial charge in [-0.25, -0.2) is 4.98 Å². The van der Waals surface area contributed by atoms with Crippen LogP contribution in [0.5, 0.6) is 0 Å². The third-order valence-electron chi connectivity index (χ3n) is 5.49. The van der Waals surface area contributed by atoms with Gasteiger partial charge in [0.05, 0.1) is 24.4 Å². The molecule has 0 saturated carbocycles. The fourth-order valence-corrected chi connectivity index (χ4v) is 3.78. The van der Waals surface area contributed by atoms with E-state index in [9.17, 15) is 9.59 Å². The number of nitrogens with one attached hydrogen (secondary N) is 2. The Morgan fingerprint density at radius 2 is 2.00 bits per heavy atom. The van der Waals surface area contributed by atoms with Crippen LogP contribution in [-0.4, -0.2) is 62.9 Å². The normalized spacial score (nSPS) is 23.0. The fraction of sp³-hybridized carbons (Fsp3) is 0.632. The minimum absolute atomic E-state index is 0.0106. The van der Waals surface area contributed by atoms with Crippen LogP contribution in [0.1, 0.15) is 29.6 Å². The molecule has 0 radical (unpaired) electrons. The molecule has 2 saturated heterocycles. The van der Waals surface area contributed by atoms with E-state index in [2.05, 4.69) is 15.6 Å². The van der Waals surface area contributed by atoms with Crippen LogP contribution in [0.2, 0.25) is 0 Å². The highest BCUT2D eigenvalue weighted by Gasteiger charge is 2.29. The van der Waals surface area contributed by atoms with Gasteiger partial charge < -0.3 is 25.0 Å². The van der Waals surface area contributed by atoms with Crippen LogP contribution in [-0.2, 0) is 14.3 Å². The molecule has 0 spiro atoms. The van der Waals surface area contributed by atoms with Crippen molar-refractivity contribution in [2.75, 3.05) is 56.3 Å². The first-order chi connectivity index (χ1) is 13.2. The molecule has 3 aliphatic rings. The van der Waals surface area contributed by atoms with Crippen molar-refractivity contribution in [3.8, 4) is 0 Å². The van der Waals surface area contributed by atoms with E-state index in [4.69, 9.17) is 9.47 Å². The van der Waals surface area contributed by atoms with Crippen LogP contribution in [0.15, 0.2) is 12.3 Å². The van der Waals surface area contributed by atoms with Gasteiger partial charge in [-0.05, 0) is 31.2 Å². The van der Waals surface area contributed by atoms with Gasteiger partial charge in [-0.3, -0.25) is 9.59 Å². The lowest BCUT2D eigenvalue weighted by atomic mass is 9.99. The Hall–Kier alpha value is -2.19. The molecule has 3 aliphatic heterocycles. The van der Waals surface area contributed by atoms with E-state index in [1.807, 2.05) is 0 Å². The fourth-order valence-electron chi connectivity index (χ4n) is 3.78. The first kappa shape index (κ1) is 18.2. The SMILES string of the molecule is O=C(NCC1CCOC1)c1cnc2c(c1)N(CC1CCOCC1)C(=O)CN2. The first-order valence-electron chi connectivity index (χ1n) is 9.68. The van der Waals surface area contributed by atoms with Crippen LogP contribution in [0.25, 0.3) is 0 Å². The lowest BCUT2D eigenvalue weighted by molar-refractivity contribution is -0.117. The second-order valence-corrected chi connectivity index (χ2v) is 7.45. The Morgan fingerprint density at radius 3 is 2.78 bits per heavy atom. The Morgan fingerprint density at radius 1 is 1.22 bits per heavy atom. The van der Waals surface area contributed by atoms with Crippen LogP contribution in [0.3, 0.4) is 0 Å². The highest BCUT2D eigenvalue weighted by molar-refractivity contribution is 6.04. The molecule has 146 valence electrons. The van der Waals surface area contributed by atoms with Crippen molar-refractivity contribution in [3.63, 3.8) is 0 Å². The van der Waals surface area contributed by atoms with Gasteiger partial charge in [0.25, 0.3) is 5.91 Å². The molecule has 1 aromatic heterocycles. The van der Waals surface area contributed by atoms with Gasteiger partial charge in [-0.2, -0.15) is 0 Å². The molecule has 2 fully saturated rings. The number of nitrogens with zero attached hydrogens (tertiary/aromatic N) is 2. The maximum absolute atomic E-state index is 12.5. The smallest absolute Gasteiger partial charge is 0.252 e. The lowest BCUT2D eigenvalue weighted by Crippen LogP contribution is -2.44. The molecule has 27 heavy (non-hydrogen) atoms. The van der Waals surface area contributed by atoms with Gasteiger partial charge in [-0.1, -0.05) is 0 Å². The molecule has 1 aromatic rings. The number of hydrogen-bond donors (Lipinski definition) is 2. The van der Waals surface area contributed by atoms with Crippen molar-refractivity contribution in [1.82, 2.24) is 10.3 Å². The molecule has 1 unspecified atom stereocenters. The zero-order chi connectivity index (χ0) is 18.6. The third kappa shape index (κ3) is 4.22. The second-order valence-electron chi connectivity index (χ2n) is 7.45. The molecule has 2 amide bonds. The summed E-state index contributed by atoms with van der Waals surface area (Å²) in [4.78, 5) is 31.2. The predicted molar refractivity (Wildman–Crippen MR) is 99.9 cm³/mol. The molecule has 0 bridgehead atoms. The van der Waals surface area contributed by atoms with E-state index in [1.165, 1.54) is 0 Å². The predicted octanol–water partition coefficient (Wildman–Crippen LogP) is 1.03. The zero-order valence-corrected chi connectivity index (χ0v) is 15.4.